The molecule has 0 aliphatic carbocycles. The lowest BCUT2D eigenvalue weighted by Crippen LogP contribution is -2.45. The highest BCUT2D eigenvalue weighted by Crippen LogP contribution is 2.21. The summed E-state index contributed by atoms with van der Waals surface area (Å²) in [5.74, 6) is -3.05. The largest absolute Gasteiger partial charge is 0.481 e. The SMILES string of the molecule is CO[C@H]1C[C@@H](C(N)=O)N(C(=O)COc2ccc(F)cc2F)C1. The van der Waals surface area contributed by atoms with Crippen LogP contribution in [0, 0.1) is 11.6 Å². The first-order chi connectivity index (χ1) is 10.4. The van der Waals surface area contributed by atoms with Gasteiger partial charge in [-0.15, -0.1) is 0 Å². The number of likely N-dealkylation sites (tertiary alicyclic amines) is 1. The van der Waals surface area contributed by atoms with Crippen LogP contribution < -0.4 is 10.5 Å². The summed E-state index contributed by atoms with van der Waals surface area (Å²) in [7, 11) is 1.47. The summed E-state index contributed by atoms with van der Waals surface area (Å²) in [6, 6.07) is 1.99. The number of nitrogens with two attached hydrogens (primary N) is 1. The Morgan fingerprint density at radius 2 is 2.14 bits per heavy atom. The molecule has 2 atom stereocenters. The highest BCUT2D eigenvalue weighted by molar-refractivity contribution is 5.88. The van der Waals surface area contributed by atoms with Crippen LogP contribution >= 0.6 is 0 Å². The average Bonchev–Trinajstić information content (AvgIpc) is 2.90. The van der Waals surface area contributed by atoms with Crippen LogP contribution in [0.1, 0.15) is 6.42 Å². The van der Waals surface area contributed by atoms with E-state index in [1.54, 1.807) is 0 Å². The molecule has 1 aliphatic heterocycles. The zero-order chi connectivity index (χ0) is 16.3. The van der Waals surface area contributed by atoms with E-state index in [1.165, 1.54) is 12.0 Å². The molecule has 1 fully saturated rings. The quantitative estimate of drug-likeness (QED) is 0.855. The molecule has 1 heterocycles. The number of benzene rings is 1. The predicted molar refractivity (Wildman–Crippen MR) is 72.0 cm³/mol. The highest BCUT2D eigenvalue weighted by atomic mass is 19.1. The Kier molecular flexibility index (Phi) is 4.92. The lowest BCUT2D eigenvalue weighted by atomic mass is 10.2. The minimum absolute atomic E-state index is 0.207. The van der Waals surface area contributed by atoms with Crippen molar-refractivity contribution >= 4 is 11.8 Å². The van der Waals surface area contributed by atoms with Gasteiger partial charge in [-0.2, -0.15) is 0 Å². The Hall–Kier alpha value is -2.22. The van der Waals surface area contributed by atoms with Crippen LogP contribution in [0.2, 0.25) is 0 Å². The number of carbonyl (C=O) groups excluding carboxylic acids is 2. The lowest BCUT2D eigenvalue weighted by Gasteiger charge is -2.22. The predicted octanol–water partition coefficient (Wildman–Crippen LogP) is 0.445. The highest BCUT2D eigenvalue weighted by Gasteiger charge is 2.38. The number of halogens is 2. The Bertz CT molecular complexity index is 582. The van der Waals surface area contributed by atoms with Crippen molar-refractivity contribution in [1.82, 2.24) is 4.90 Å². The Morgan fingerprint density at radius 1 is 1.41 bits per heavy atom. The van der Waals surface area contributed by atoms with E-state index in [-0.39, 0.29) is 18.4 Å². The van der Waals surface area contributed by atoms with E-state index >= 15 is 0 Å². The molecule has 1 aromatic carbocycles. The fourth-order valence-electron chi connectivity index (χ4n) is 2.33. The minimum Gasteiger partial charge on any atom is -0.481 e. The van der Waals surface area contributed by atoms with Crippen LogP contribution in [0.25, 0.3) is 0 Å². The van der Waals surface area contributed by atoms with Crippen molar-refractivity contribution in [3.8, 4) is 5.75 Å². The molecule has 2 N–H and O–H groups in total. The van der Waals surface area contributed by atoms with Crippen molar-refractivity contribution in [2.75, 3.05) is 20.3 Å². The molecule has 0 bridgehead atoms. The first kappa shape index (κ1) is 16.2. The van der Waals surface area contributed by atoms with Crippen molar-refractivity contribution in [3.05, 3.63) is 29.8 Å². The van der Waals surface area contributed by atoms with Gasteiger partial charge in [0.1, 0.15) is 11.9 Å². The zero-order valence-corrected chi connectivity index (χ0v) is 11.9. The Labute approximate surface area is 125 Å². The molecule has 2 rings (SSSR count). The second-order valence-corrected chi connectivity index (χ2v) is 4.92. The smallest absolute Gasteiger partial charge is 0.261 e. The number of primary amides is 1. The van der Waals surface area contributed by atoms with Gasteiger partial charge in [-0.1, -0.05) is 0 Å². The van der Waals surface area contributed by atoms with Gasteiger partial charge in [-0.3, -0.25) is 9.59 Å². The maximum Gasteiger partial charge on any atom is 0.261 e. The third kappa shape index (κ3) is 3.51. The molecule has 2 amide bonds. The molecule has 1 saturated heterocycles. The summed E-state index contributed by atoms with van der Waals surface area (Å²) in [4.78, 5) is 24.7. The maximum atomic E-state index is 13.4. The van der Waals surface area contributed by atoms with E-state index in [9.17, 15) is 18.4 Å². The van der Waals surface area contributed by atoms with Crippen molar-refractivity contribution < 1.29 is 27.8 Å². The molecule has 0 unspecified atom stereocenters. The molecular formula is C14H16F2N2O4. The molecule has 1 aliphatic rings. The topological polar surface area (TPSA) is 81.9 Å². The van der Waals surface area contributed by atoms with E-state index < -0.39 is 36.1 Å². The second-order valence-electron chi connectivity index (χ2n) is 4.92. The van der Waals surface area contributed by atoms with Gasteiger partial charge in [0.05, 0.1) is 6.10 Å². The normalized spacial score (nSPS) is 21.0. The first-order valence-corrected chi connectivity index (χ1v) is 6.61. The van der Waals surface area contributed by atoms with Gasteiger partial charge in [0.15, 0.2) is 18.2 Å². The van der Waals surface area contributed by atoms with Crippen LogP contribution in [-0.2, 0) is 14.3 Å². The molecule has 0 spiro atoms. The monoisotopic (exact) mass is 314 g/mol. The van der Waals surface area contributed by atoms with Crippen molar-refractivity contribution in [2.45, 2.75) is 18.6 Å². The molecule has 1 aromatic rings. The van der Waals surface area contributed by atoms with Gasteiger partial charge in [-0.05, 0) is 12.1 Å². The molecule has 0 radical (unpaired) electrons. The zero-order valence-electron chi connectivity index (χ0n) is 11.9. The summed E-state index contributed by atoms with van der Waals surface area (Å²) in [6.45, 7) is -0.277. The molecule has 22 heavy (non-hydrogen) atoms. The van der Waals surface area contributed by atoms with Gasteiger partial charge >= 0.3 is 0 Å². The third-order valence-electron chi connectivity index (χ3n) is 3.49. The molecular weight excluding hydrogens is 298 g/mol. The summed E-state index contributed by atoms with van der Waals surface area (Å²) in [5.41, 5.74) is 5.26. The number of ether oxygens (including phenoxy) is 2. The lowest BCUT2D eigenvalue weighted by molar-refractivity contribution is -0.139. The van der Waals surface area contributed by atoms with Crippen molar-refractivity contribution in [3.63, 3.8) is 0 Å². The van der Waals surface area contributed by atoms with Gasteiger partial charge in [0.2, 0.25) is 5.91 Å². The van der Waals surface area contributed by atoms with Crippen LogP contribution in [-0.4, -0.2) is 49.1 Å². The first-order valence-electron chi connectivity index (χ1n) is 6.61. The summed E-state index contributed by atoms with van der Waals surface area (Å²) in [5, 5.41) is 0. The molecule has 0 aromatic heterocycles. The van der Waals surface area contributed by atoms with Crippen LogP contribution in [0.5, 0.6) is 5.75 Å². The van der Waals surface area contributed by atoms with E-state index in [4.69, 9.17) is 15.2 Å². The number of nitrogens with zero attached hydrogens (tertiary/aromatic N) is 1. The Balaban J connectivity index is 2.00. The minimum atomic E-state index is -0.907. The van der Waals surface area contributed by atoms with Crippen LogP contribution in [0.4, 0.5) is 8.78 Å². The number of carbonyl (C=O) groups is 2. The van der Waals surface area contributed by atoms with Crippen molar-refractivity contribution in [2.24, 2.45) is 5.73 Å². The molecule has 8 heteroatoms. The van der Waals surface area contributed by atoms with Gasteiger partial charge in [0, 0.05) is 26.1 Å². The molecule has 0 saturated carbocycles. The van der Waals surface area contributed by atoms with Gasteiger partial charge < -0.3 is 20.1 Å². The molecule has 120 valence electrons. The van der Waals surface area contributed by atoms with E-state index in [0.717, 1.165) is 12.1 Å². The maximum absolute atomic E-state index is 13.4. The van der Waals surface area contributed by atoms with E-state index in [0.29, 0.717) is 12.5 Å². The van der Waals surface area contributed by atoms with E-state index in [1.807, 2.05) is 0 Å². The number of rotatable bonds is 5. The fraction of sp³-hybridized carbons (Fsp3) is 0.429. The average molecular weight is 314 g/mol. The Morgan fingerprint density at radius 3 is 2.73 bits per heavy atom. The van der Waals surface area contributed by atoms with Crippen LogP contribution in [0.15, 0.2) is 18.2 Å². The number of amides is 2. The van der Waals surface area contributed by atoms with Crippen LogP contribution in [0.3, 0.4) is 0 Å². The fourth-order valence-corrected chi connectivity index (χ4v) is 2.33. The number of hydrogen-bond donors (Lipinski definition) is 1. The van der Waals surface area contributed by atoms with Gasteiger partial charge in [-0.25, -0.2) is 8.78 Å². The molecule has 6 nitrogen and oxygen atoms in total. The number of hydrogen-bond acceptors (Lipinski definition) is 4. The van der Waals surface area contributed by atoms with Crippen molar-refractivity contribution in [1.29, 1.82) is 0 Å². The van der Waals surface area contributed by atoms with E-state index in [2.05, 4.69) is 0 Å². The summed E-state index contributed by atoms with van der Waals surface area (Å²) >= 11 is 0. The van der Waals surface area contributed by atoms with Gasteiger partial charge in [0.25, 0.3) is 5.91 Å². The standard InChI is InChI=1S/C14H16F2N2O4/c1-21-9-5-11(14(17)20)18(6-9)13(19)7-22-12-3-2-8(15)4-10(12)16/h2-4,9,11H,5-7H2,1H3,(H2,17,20)/t9-,11-/m0/s1. The third-order valence-corrected chi connectivity index (χ3v) is 3.49. The number of methoxy groups -OCH3 is 1. The summed E-state index contributed by atoms with van der Waals surface area (Å²) < 4.78 is 36.4. The summed E-state index contributed by atoms with van der Waals surface area (Å²) in [6.07, 6.45) is 0.0201. The second kappa shape index (κ2) is 6.69.